The van der Waals surface area contributed by atoms with Gasteiger partial charge in [0, 0.05) is 16.8 Å². The number of nitrogens with zero attached hydrogens (tertiary/aromatic N) is 1. The number of hydrogen-bond acceptors (Lipinski definition) is 1. The molecule has 8 aromatic rings. The van der Waals surface area contributed by atoms with Crippen molar-refractivity contribution in [3.8, 4) is 22.3 Å². The van der Waals surface area contributed by atoms with Gasteiger partial charge in [-0.05, 0) is 115 Å². The Bertz CT molecular complexity index is 2490. The zero-order chi connectivity index (χ0) is 31.3. The Kier molecular flexibility index (Phi) is 5.57. The first-order valence-corrected chi connectivity index (χ1v) is 17.2. The number of anilines is 2. The summed E-state index contributed by atoms with van der Waals surface area (Å²) in [6.07, 6.45) is 5.00. The van der Waals surface area contributed by atoms with Gasteiger partial charge in [0.1, 0.15) is 0 Å². The van der Waals surface area contributed by atoms with Crippen molar-refractivity contribution in [1.29, 1.82) is 0 Å². The average molecular weight is 604 g/mol. The van der Waals surface area contributed by atoms with Crippen LogP contribution in [0.2, 0.25) is 0 Å². The topological polar surface area (TPSA) is 3.24 Å². The van der Waals surface area contributed by atoms with Gasteiger partial charge < -0.3 is 4.90 Å². The smallest absolute Gasteiger partial charge is 0.0517 e. The van der Waals surface area contributed by atoms with E-state index in [1.54, 1.807) is 0 Å². The van der Waals surface area contributed by atoms with Gasteiger partial charge in [-0.2, -0.15) is 0 Å². The predicted octanol–water partition coefficient (Wildman–Crippen LogP) is 12.8. The fourth-order valence-electron chi connectivity index (χ4n) is 9.65. The van der Waals surface area contributed by atoms with Crippen LogP contribution >= 0.6 is 0 Å². The van der Waals surface area contributed by atoms with Gasteiger partial charge >= 0.3 is 0 Å². The maximum absolute atomic E-state index is 2.67. The second kappa shape index (κ2) is 9.69. The molecular formula is C46H37N. The van der Waals surface area contributed by atoms with Crippen LogP contribution in [-0.2, 0) is 5.41 Å². The van der Waals surface area contributed by atoms with Gasteiger partial charge in [-0.15, -0.1) is 0 Å². The van der Waals surface area contributed by atoms with E-state index in [4.69, 9.17) is 0 Å². The average Bonchev–Trinajstić information content (AvgIpc) is 3.33. The molecule has 2 unspecified atom stereocenters. The lowest BCUT2D eigenvalue weighted by molar-refractivity contribution is 0.195. The summed E-state index contributed by atoms with van der Waals surface area (Å²) >= 11 is 0. The standard InChI is InChI=1S/C46H37N/c1-45-27-6-7-28-46(45,2)47(34-13-4-3-5-14-34)42-26-23-33(29-41(42)45)35-15-9-17-37-36(35)16-10-18-38(37)39-24-21-32-20-19-30-11-8-12-31-22-25-40(39)44(32)43(30)31/h3-5,8-26,29H,6-7,27-28H2,1-2H3. The molecule has 0 saturated heterocycles. The summed E-state index contributed by atoms with van der Waals surface area (Å²) in [5.74, 6) is 0. The molecule has 1 aliphatic carbocycles. The van der Waals surface area contributed by atoms with Gasteiger partial charge in [-0.25, -0.2) is 0 Å². The van der Waals surface area contributed by atoms with Crippen LogP contribution in [-0.4, -0.2) is 5.54 Å². The molecule has 1 heterocycles. The van der Waals surface area contributed by atoms with Crippen molar-refractivity contribution in [3.63, 3.8) is 0 Å². The molecule has 1 nitrogen and oxygen atoms in total. The monoisotopic (exact) mass is 603 g/mol. The molecule has 2 atom stereocenters. The van der Waals surface area contributed by atoms with E-state index in [0.29, 0.717) is 0 Å². The number of benzene rings is 8. The number of rotatable bonds is 3. The van der Waals surface area contributed by atoms with E-state index in [1.807, 2.05) is 0 Å². The number of hydrogen-bond donors (Lipinski definition) is 0. The highest BCUT2D eigenvalue weighted by molar-refractivity contribution is 6.26. The van der Waals surface area contributed by atoms with E-state index >= 15 is 0 Å². The lowest BCUT2D eigenvalue weighted by Crippen LogP contribution is -2.54. The normalized spacial score (nSPS) is 20.8. The third-order valence-electron chi connectivity index (χ3n) is 12.2. The summed E-state index contributed by atoms with van der Waals surface area (Å²) in [7, 11) is 0. The van der Waals surface area contributed by atoms with Crippen LogP contribution in [0.1, 0.15) is 45.1 Å². The molecule has 1 fully saturated rings. The van der Waals surface area contributed by atoms with Gasteiger partial charge in [-0.3, -0.25) is 0 Å². The van der Waals surface area contributed by atoms with Gasteiger partial charge in [0.05, 0.1) is 5.54 Å². The highest BCUT2D eigenvalue weighted by Crippen LogP contribution is 2.61. The minimum Gasteiger partial charge on any atom is -0.334 e. The molecule has 47 heavy (non-hydrogen) atoms. The zero-order valence-corrected chi connectivity index (χ0v) is 27.1. The molecular weight excluding hydrogens is 567 g/mol. The van der Waals surface area contributed by atoms with Crippen molar-refractivity contribution < 1.29 is 0 Å². The van der Waals surface area contributed by atoms with Crippen molar-refractivity contribution in [1.82, 2.24) is 0 Å². The first kappa shape index (κ1) is 27.0. The lowest BCUT2D eigenvalue weighted by atomic mass is 9.61. The van der Waals surface area contributed by atoms with E-state index in [1.165, 1.54) is 108 Å². The molecule has 2 aliphatic rings. The molecule has 226 valence electrons. The van der Waals surface area contributed by atoms with Gasteiger partial charge in [0.25, 0.3) is 0 Å². The summed E-state index contributed by atoms with van der Waals surface area (Å²) in [4.78, 5) is 2.67. The molecule has 1 aliphatic heterocycles. The Morgan fingerprint density at radius 1 is 0.489 bits per heavy atom. The van der Waals surface area contributed by atoms with Gasteiger partial charge in [0.2, 0.25) is 0 Å². The lowest BCUT2D eigenvalue weighted by Gasteiger charge is -2.50. The summed E-state index contributed by atoms with van der Waals surface area (Å²) in [6.45, 7) is 5.05. The Morgan fingerprint density at radius 2 is 1.13 bits per heavy atom. The van der Waals surface area contributed by atoms with Crippen molar-refractivity contribution in [2.75, 3.05) is 4.90 Å². The van der Waals surface area contributed by atoms with Crippen LogP contribution in [0.5, 0.6) is 0 Å². The second-order valence-corrected chi connectivity index (χ2v) is 14.4. The van der Waals surface area contributed by atoms with E-state index in [2.05, 4.69) is 158 Å². The molecule has 0 spiro atoms. The van der Waals surface area contributed by atoms with Crippen LogP contribution in [0.3, 0.4) is 0 Å². The first-order valence-electron chi connectivity index (χ1n) is 17.2. The largest absolute Gasteiger partial charge is 0.334 e. The molecule has 8 aromatic carbocycles. The molecule has 0 bridgehead atoms. The van der Waals surface area contributed by atoms with Crippen LogP contribution < -0.4 is 4.90 Å². The maximum atomic E-state index is 2.67. The van der Waals surface area contributed by atoms with Crippen LogP contribution in [0.4, 0.5) is 11.4 Å². The predicted molar refractivity (Wildman–Crippen MR) is 201 cm³/mol. The SMILES string of the molecule is CC12CCCCC1(C)N(c1ccccc1)c1ccc(-c3cccc4c(-c5ccc6ccc7cccc8ccc5c6c78)cccc34)cc12. The van der Waals surface area contributed by atoms with E-state index in [0.717, 1.165) is 0 Å². The van der Waals surface area contributed by atoms with Crippen molar-refractivity contribution in [2.24, 2.45) is 0 Å². The summed E-state index contributed by atoms with van der Waals surface area (Å²) in [5, 5.41) is 10.6. The fraction of sp³-hybridized carbons (Fsp3) is 0.174. The molecule has 10 rings (SSSR count). The fourth-order valence-corrected chi connectivity index (χ4v) is 9.65. The van der Waals surface area contributed by atoms with Crippen LogP contribution in [0, 0.1) is 0 Å². The molecule has 1 saturated carbocycles. The van der Waals surface area contributed by atoms with Crippen molar-refractivity contribution in [3.05, 3.63) is 145 Å². The van der Waals surface area contributed by atoms with Crippen LogP contribution in [0.15, 0.2) is 140 Å². The third-order valence-corrected chi connectivity index (χ3v) is 12.2. The molecule has 0 amide bonds. The minimum absolute atomic E-state index is 0.0501. The first-order chi connectivity index (χ1) is 23.0. The second-order valence-electron chi connectivity index (χ2n) is 14.4. The third kappa shape index (κ3) is 3.60. The number of para-hydroxylation sites is 1. The van der Waals surface area contributed by atoms with E-state index in [-0.39, 0.29) is 11.0 Å². The summed E-state index contributed by atoms with van der Waals surface area (Å²) in [5.41, 5.74) is 9.54. The Balaban J connectivity index is 1.17. The molecule has 0 radical (unpaired) electrons. The van der Waals surface area contributed by atoms with Gasteiger partial charge in [-0.1, -0.05) is 135 Å². The molecule has 0 aromatic heterocycles. The minimum atomic E-state index is 0.0501. The number of fused-ring (bicyclic) bond motifs is 4. The Morgan fingerprint density at radius 3 is 1.94 bits per heavy atom. The van der Waals surface area contributed by atoms with E-state index < -0.39 is 0 Å². The highest BCUT2D eigenvalue weighted by Gasteiger charge is 2.57. The maximum Gasteiger partial charge on any atom is 0.0517 e. The highest BCUT2D eigenvalue weighted by atomic mass is 15.2. The zero-order valence-electron chi connectivity index (χ0n) is 27.1. The summed E-state index contributed by atoms with van der Waals surface area (Å²) in [6, 6.07) is 52.6. The van der Waals surface area contributed by atoms with Gasteiger partial charge in [0.15, 0.2) is 0 Å². The molecule has 1 heteroatoms. The van der Waals surface area contributed by atoms with Crippen LogP contribution in [0.25, 0.3) is 65.3 Å². The Hall–Kier alpha value is -5.14. The van der Waals surface area contributed by atoms with Crippen molar-refractivity contribution in [2.45, 2.75) is 50.5 Å². The van der Waals surface area contributed by atoms with E-state index in [9.17, 15) is 0 Å². The van der Waals surface area contributed by atoms with Crippen molar-refractivity contribution >= 4 is 54.5 Å². The quantitative estimate of drug-likeness (QED) is 0.182. The Labute approximate surface area is 276 Å². The summed E-state index contributed by atoms with van der Waals surface area (Å²) < 4.78 is 0. The molecule has 0 N–H and O–H groups in total.